The number of nitrogens with one attached hydrogen (secondary N) is 1. The van der Waals surface area contributed by atoms with E-state index in [4.69, 9.17) is 0 Å². The van der Waals surface area contributed by atoms with Crippen molar-refractivity contribution >= 4 is 0 Å². The van der Waals surface area contributed by atoms with Crippen LogP contribution in [-0.4, -0.2) is 55.1 Å². The lowest BCUT2D eigenvalue weighted by atomic mass is 9.80. The predicted octanol–water partition coefficient (Wildman–Crippen LogP) is 2.73. The van der Waals surface area contributed by atoms with E-state index in [1.54, 1.807) is 0 Å². The molecule has 3 heteroatoms. The van der Waals surface area contributed by atoms with Crippen molar-refractivity contribution in [1.82, 2.24) is 15.1 Å². The lowest BCUT2D eigenvalue weighted by molar-refractivity contribution is 0.106. The van der Waals surface area contributed by atoms with Gasteiger partial charge in [0.2, 0.25) is 0 Å². The van der Waals surface area contributed by atoms with E-state index < -0.39 is 0 Å². The minimum atomic E-state index is 0.611. The van der Waals surface area contributed by atoms with Crippen LogP contribution in [0, 0.1) is 5.41 Å². The molecule has 1 unspecified atom stereocenters. The molecule has 4 rings (SSSR count). The van der Waals surface area contributed by atoms with Crippen LogP contribution in [0.2, 0.25) is 0 Å². The summed E-state index contributed by atoms with van der Waals surface area (Å²) in [6.07, 6.45) is 6.96. The third-order valence-corrected chi connectivity index (χ3v) is 6.35. The minimum Gasteiger partial charge on any atom is -0.316 e. The Morgan fingerprint density at radius 1 is 1.04 bits per heavy atom. The molecule has 1 N–H and O–H groups in total. The number of hydrogen-bond acceptors (Lipinski definition) is 3. The summed E-state index contributed by atoms with van der Waals surface area (Å²) >= 11 is 0. The fourth-order valence-corrected chi connectivity index (χ4v) is 4.94. The summed E-state index contributed by atoms with van der Waals surface area (Å²) in [5, 5.41) is 3.64. The van der Waals surface area contributed by atoms with Gasteiger partial charge in [0.25, 0.3) is 0 Å². The molecule has 1 aromatic carbocycles. The standard InChI is InChI=1S/C20H31N3/c1-2-5-18(6-3-1)15-22-12-7-19(8-13-22)23-14-10-20(17-23)9-4-11-21-16-20/h1-3,5-6,19,21H,4,7-17H2. The molecule has 3 heterocycles. The van der Waals surface area contributed by atoms with E-state index in [-0.39, 0.29) is 0 Å². The van der Waals surface area contributed by atoms with E-state index in [9.17, 15) is 0 Å². The third kappa shape index (κ3) is 3.62. The fourth-order valence-electron chi connectivity index (χ4n) is 4.94. The average Bonchev–Trinajstić information content (AvgIpc) is 3.01. The van der Waals surface area contributed by atoms with E-state index in [1.165, 1.54) is 76.9 Å². The Morgan fingerprint density at radius 2 is 1.87 bits per heavy atom. The predicted molar refractivity (Wildman–Crippen MR) is 95.5 cm³/mol. The summed E-state index contributed by atoms with van der Waals surface area (Å²) in [4.78, 5) is 5.46. The molecule has 3 saturated heterocycles. The van der Waals surface area contributed by atoms with Gasteiger partial charge < -0.3 is 5.32 Å². The molecule has 1 aromatic rings. The molecule has 0 saturated carbocycles. The summed E-state index contributed by atoms with van der Waals surface area (Å²) in [6.45, 7) is 8.84. The van der Waals surface area contributed by atoms with Gasteiger partial charge in [-0.3, -0.25) is 9.80 Å². The van der Waals surface area contributed by atoms with Crippen LogP contribution in [0.25, 0.3) is 0 Å². The third-order valence-electron chi connectivity index (χ3n) is 6.35. The lowest BCUT2D eigenvalue weighted by Crippen LogP contribution is -2.46. The van der Waals surface area contributed by atoms with Crippen LogP contribution < -0.4 is 5.32 Å². The van der Waals surface area contributed by atoms with Gasteiger partial charge in [0.15, 0.2) is 0 Å². The van der Waals surface area contributed by atoms with Crippen molar-refractivity contribution in [2.75, 3.05) is 39.3 Å². The number of piperidine rings is 2. The van der Waals surface area contributed by atoms with Crippen LogP contribution in [0.3, 0.4) is 0 Å². The quantitative estimate of drug-likeness (QED) is 0.926. The smallest absolute Gasteiger partial charge is 0.0233 e. The van der Waals surface area contributed by atoms with Crippen LogP contribution in [0.5, 0.6) is 0 Å². The molecule has 0 aliphatic carbocycles. The second-order valence-electron chi connectivity index (χ2n) is 7.99. The van der Waals surface area contributed by atoms with Crippen molar-refractivity contribution in [3.05, 3.63) is 35.9 Å². The summed E-state index contributed by atoms with van der Waals surface area (Å²) in [7, 11) is 0. The maximum Gasteiger partial charge on any atom is 0.0233 e. The molecule has 3 aliphatic rings. The molecule has 0 amide bonds. The Bertz CT molecular complexity index is 487. The number of benzene rings is 1. The average molecular weight is 313 g/mol. The SMILES string of the molecule is c1ccc(CN2CCC(N3CCC4(CCCNC4)C3)CC2)cc1. The van der Waals surface area contributed by atoms with Crippen molar-refractivity contribution in [2.24, 2.45) is 5.41 Å². The van der Waals surface area contributed by atoms with Crippen LogP contribution in [0.1, 0.15) is 37.7 Å². The Balaban J connectivity index is 1.27. The van der Waals surface area contributed by atoms with E-state index in [2.05, 4.69) is 45.4 Å². The van der Waals surface area contributed by atoms with E-state index in [1.807, 2.05) is 0 Å². The van der Waals surface area contributed by atoms with Crippen molar-refractivity contribution in [2.45, 2.75) is 44.7 Å². The van der Waals surface area contributed by atoms with Crippen molar-refractivity contribution in [1.29, 1.82) is 0 Å². The minimum absolute atomic E-state index is 0.611. The summed E-state index contributed by atoms with van der Waals surface area (Å²) < 4.78 is 0. The summed E-state index contributed by atoms with van der Waals surface area (Å²) in [5.74, 6) is 0. The van der Waals surface area contributed by atoms with E-state index >= 15 is 0 Å². The Labute approximate surface area is 141 Å². The van der Waals surface area contributed by atoms with Gasteiger partial charge in [-0.25, -0.2) is 0 Å². The second-order valence-corrected chi connectivity index (χ2v) is 7.99. The van der Waals surface area contributed by atoms with Crippen LogP contribution in [-0.2, 0) is 6.54 Å². The van der Waals surface area contributed by atoms with E-state index in [0.29, 0.717) is 5.41 Å². The highest BCUT2D eigenvalue weighted by atomic mass is 15.2. The van der Waals surface area contributed by atoms with Gasteiger partial charge >= 0.3 is 0 Å². The second kappa shape index (κ2) is 6.92. The monoisotopic (exact) mass is 313 g/mol. The van der Waals surface area contributed by atoms with Crippen LogP contribution >= 0.6 is 0 Å². The zero-order valence-corrected chi connectivity index (χ0v) is 14.3. The number of hydrogen-bond donors (Lipinski definition) is 1. The van der Waals surface area contributed by atoms with Gasteiger partial charge in [-0.2, -0.15) is 0 Å². The summed E-state index contributed by atoms with van der Waals surface area (Å²) in [6, 6.07) is 11.8. The molecule has 1 spiro atoms. The maximum atomic E-state index is 3.64. The van der Waals surface area contributed by atoms with Crippen molar-refractivity contribution < 1.29 is 0 Å². The number of likely N-dealkylation sites (tertiary alicyclic amines) is 2. The Morgan fingerprint density at radius 3 is 2.61 bits per heavy atom. The van der Waals surface area contributed by atoms with Gasteiger partial charge in [0, 0.05) is 25.7 Å². The molecule has 3 fully saturated rings. The molecule has 3 nitrogen and oxygen atoms in total. The first-order valence-corrected chi connectivity index (χ1v) is 9.54. The molecule has 0 bridgehead atoms. The molecular weight excluding hydrogens is 282 g/mol. The summed E-state index contributed by atoms with van der Waals surface area (Å²) in [5.41, 5.74) is 2.07. The zero-order valence-electron chi connectivity index (χ0n) is 14.3. The number of rotatable bonds is 3. The van der Waals surface area contributed by atoms with Gasteiger partial charge in [-0.1, -0.05) is 30.3 Å². The first kappa shape index (κ1) is 15.6. The molecule has 126 valence electrons. The molecular formula is C20H31N3. The Kier molecular flexibility index (Phi) is 4.70. The molecule has 0 aromatic heterocycles. The fraction of sp³-hybridized carbons (Fsp3) is 0.700. The van der Waals surface area contributed by atoms with E-state index in [0.717, 1.165) is 12.6 Å². The first-order valence-electron chi connectivity index (χ1n) is 9.54. The van der Waals surface area contributed by atoms with Gasteiger partial charge in [-0.15, -0.1) is 0 Å². The normalized spacial score (nSPS) is 31.0. The highest BCUT2D eigenvalue weighted by Crippen LogP contribution is 2.38. The van der Waals surface area contributed by atoms with Gasteiger partial charge in [0.05, 0.1) is 0 Å². The number of nitrogens with zero attached hydrogens (tertiary/aromatic N) is 2. The highest BCUT2D eigenvalue weighted by Gasteiger charge is 2.41. The van der Waals surface area contributed by atoms with Crippen LogP contribution in [0.15, 0.2) is 30.3 Å². The maximum absolute atomic E-state index is 3.64. The first-order chi connectivity index (χ1) is 11.3. The molecule has 1 atom stereocenters. The molecule has 0 radical (unpaired) electrons. The van der Waals surface area contributed by atoms with Crippen molar-refractivity contribution in [3.63, 3.8) is 0 Å². The van der Waals surface area contributed by atoms with Crippen molar-refractivity contribution in [3.8, 4) is 0 Å². The van der Waals surface area contributed by atoms with Gasteiger partial charge in [-0.05, 0) is 69.3 Å². The zero-order chi connectivity index (χ0) is 15.5. The van der Waals surface area contributed by atoms with Gasteiger partial charge in [0.1, 0.15) is 0 Å². The molecule has 3 aliphatic heterocycles. The van der Waals surface area contributed by atoms with Crippen LogP contribution in [0.4, 0.5) is 0 Å². The topological polar surface area (TPSA) is 18.5 Å². The Hall–Kier alpha value is -0.900. The largest absolute Gasteiger partial charge is 0.316 e. The highest BCUT2D eigenvalue weighted by molar-refractivity contribution is 5.14. The molecule has 23 heavy (non-hydrogen) atoms. The lowest BCUT2D eigenvalue weighted by Gasteiger charge is -2.39.